The first kappa shape index (κ1) is 18.4. The Labute approximate surface area is 159 Å². The molecule has 0 unspecified atom stereocenters. The van der Waals surface area contributed by atoms with E-state index in [0.717, 1.165) is 10.6 Å². The van der Waals surface area contributed by atoms with Crippen molar-refractivity contribution in [3.8, 4) is 0 Å². The van der Waals surface area contributed by atoms with Crippen LogP contribution in [0.5, 0.6) is 0 Å². The zero-order valence-electron chi connectivity index (χ0n) is 15.1. The molecule has 0 aliphatic carbocycles. The monoisotopic (exact) mass is 389 g/mol. The summed E-state index contributed by atoms with van der Waals surface area (Å²) in [6, 6.07) is 5.85. The minimum atomic E-state index is -4.55. The number of piperidine rings is 1. The minimum Gasteiger partial charge on any atom is -0.338 e. The fourth-order valence-corrected chi connectivity index (χ4v) is 3.60. The number of hydrogen-bond donors (Lipinski definition) is 0. The van der Waals surface area contributed by atoms with Crippen molar-refractivity contribution in [1.82, 2.24) is 24.5 Å². The number of nitrogens with zero attached hydrogens (tertiary/aromatic N) is 5. The molecule has 4 heterocycles. The molecule has 0 bridgehead atoms. The van der Waals surface area contributed by atoms with Crippen molar-refractivity contribution in [2.75, 3.05) is 13.1 Å². The van der Waals surface area contributed by atoms with Crippen LogP contribution >= 0.6 is 0 Å². The molecule has 28 heavy (non-hydrogen) atoms. The Morgan fingerprint density at radius 2 is 1.96 bits per heavy atom. The second-order valence-electron chi connectivity index (χ2n) is 6.95. The van der Waals surface area contributed by atoms with E-state index in [9.17, 15) is 18.0 Å². The Morgan fingerprint density at radius 1 is 1.21 bits per heavy atom. The van der Waals surface area contributed by atoms with E-state index in [4.69, 9.17) is 0 Å². The number of aromatic nitrogens is 4. The summed E-state index contributed by atoms with van der Waals surface area (Å²) in [6.45, 7) is 2.52. The quantitative estimate of drug-likeness (QED) is 0.673. The summed E-state index contributed by atoms with van der Waals surface area (Å²) in [5.41, 5.74) is 0.639. The Hall–Kier alpha value is -2.97. The maximum atomic E-state index is 13.5. The van der Waals surface area contributed by atoms with Crippen LogP contribution in [0.4, 0.5) is 13.2 Å². The molecule has 3 aromatic rings. The van der Waals surface area contributed by atoms with Crippen LogP contribution in [-0.2, 0) is 6.18 Å². The molecule has 9 heteroatoms. The number of likely N-dealkylation sites (tertiary alicyclic amines) is 1. The van der Waals surface area contributed by atoms with E-state index in [2.05, 4.69) is 15.1 Å². The number of halogens is 3. The number of aryl methyl sites for hydroxylation is 1. The fourth-order valence-electron chi connectivity index (χ4n) is 3.60. The third kappa shape index (κ3) is 3.44. The number of amides is 1. The number of hydrogen-bond acceptors (Lipinski definition) is 4. The third-order valence-electron chi connectivity index (χ3n) is 4.91. The number of alkyl halides is 3. The van der Waals surface area contributed by atoms with Crippen molar-refractivity contribution in [2.24, 2.45) is 0 Å². The second-order valence-corrected chi connectivity index (χ2v) is 6.95. The highest BCUT2D eigenvalue weighted by Crippen LogP contribution is 2.33. The molecule has 0 saturated carbocycles. The number of carbonyl (C=O) groups excluding carboxylic acids is 1. The molecule has 1 atom stereocenters. The van der Waals surface area contributed by atoms with Gasteiger partial charge in [0.05, 0.1) is 5.69 Å². The van der Waals surface area contributed by atoms with E-state index in [-0.39, 0.29) is 17.5 Å². The molecule has 1 aliphatic rings. The van der Waals surface area contributed by atoms with Gasteiger partial charge in [0, 0.05) is 48.7 Å². The van der Waals surface area contributed by atoms with E-state index >= 15 is 0 Å². The summed E-state index contributed by atoms with van der Waals surface area (Å²) in [7, 11) is 0. The molecule has 0 N–H and O–H groups in total. The van der Waals surface area contributed by atoms with Crippen LogP contribution in [0.15, 0.2) is 36.7 Å². The molecule has 146 valence electrons. The zero-order valence-corrected chi connectivity index (χ0v) is 15.1. The fraction of sp³-hybridized carbons (Fsp3) is 0.368. The number of fused-ring (bicyclic) bond motifs is 1. The van der Waals surface area contributed by atoms with Crippen molar-refractivity contribution in [2.45, 2.75) is 31.9 Å². The third-order valence-corrected chi connectivity index (χ3v) is 4.91. The van der Waals surface area contributed by atoms with Gasteiger partial charge in [0.25, 0.3) is 5.91 Å². The van der Waals surface area contributed by atoms with Gasteiger partial charge in [-0.05, 0) is 38.0 Å². The van der Waals surface area contributed by atoms with Crippen molar-refractivity contribution < 1.29 is 18.0 Å². The summed E-state index contributed by atoms with van der Waals surface area (Å²) in [6.07, 6.45) is -0.0826. The van der Waals surface area contributed by atoms with Gasteiger partial charge in [-0.2, -0.15) is 18.3 Å². The maximum absolute atomic E-state index is 13.5. The normalized spacial score (nSPS) is 17.9. The van der Waals surface area contributed by atoms with Crippen LogP contribution in [0.25, 0.3) is 5.65 Å². The van der Waals surface area contributed by atoms with Gasteiger partial charge in [-0.15, -0.1) is 0 Å². The molecule has 3 aromatic heterocycles. The molecular weight excluding hydrogens is 371 g/mol. The average Bonchev–Trinajstić information content (AvgIpc) is 3.06. The topological polar surface area (TPSA) is 63.4 Å². The first-order valence-corrected chi connectivity index (χ1v) is 8.97. The predicted molar refractivity (Wildman–Crippen MR) is 94.8 cm³/mol. The first-order valence-electron chi connectivity index (χ1n) is 8.97. The summed E-state index contributed by atoms with van der Waals surface area (Å²) in [5.74, 6) is -0.412. The van der Waals surface area contributed by atoms with E-state index in [1.807, 2.05) is 0 Å². The smallest absolute Gasteiger partial charge is 0.338 e. The summed E-state index contributed by atoms with van der Waals surface area (Å²) in [5, 5.41) is 3.91. The van der Waals surface area contributed by atoms with E-state index in [1.165, 1.54) is 6.07 Å². The highest BCUT2D eigenvalue weighted by Gasteiger charge is 2.36. The molecule has 1 aliphatic heterocycles. The number of rotatable bonds is 2. The van der Waals surface area contributed by atoms with Crippen LogP contribution in [0.2, 0.25) is 0 Å². The lowest BCUT2D eigenvalue weighted by Gasteiger charge is -2.32. The molecule has 1 fully saturated rings. The standard InChI is InChI=1S/C19H18F3N5O/c1-12-9-17-24-15(10-16(19(20,21)22)27(17)25-12)14-3-2-8-26(11-14)18(28)13-4-6-23-7-5-13/h4-7,9-10,14H,2-3,8,11H2,1H3/t14-/m1/s1. The highest BCUT2D eigenvalue weighted by atomic mass is 19.4. The Kier molecular flexibility index (Phi) is 4.52. The SMILES string of the molecule is Cc1cc2nc([C@@H]3CCCN(C(=O)c4ccncc4)C3)cc(C(F)(F)F)n2n1. The van der Waals surface area contributed by atoms with Gasteiger partial charge < -0.3 is 4.90 Å². The average molecular weight is 389 g/mol. The molecule has 0 radical (unpaired) electrons. The minimum absolute atomic E-state index is 0.149. The summed E-state index contributed by atoms with van der Waals surface area (Å²) in [4.78, 5) is 22.7. The van der Waals surface area contributed by atoms with E-state index < -0.39 is 11.9 Å². The predicted octanol–water partition coefficient (Wildman–Crippen LogP) is 3.47. The van der Waals surface area contributed by atoms with Crippen LogP contribution in [0.3, 0.4) is 0 Å². The van der Waals surface area contributed by atoms with Gasteiger partial charge in [-0.3, -0.25) is 9.78 Å². The Balaban J connectivity index is 1.67. The number of pyridine rings is 1. The van der Waals surface area contributed by atoms with E-state index in [1.54, 1.807) is 36.4 Å². The van der Waals surface area contributed by atoms with Gasteiger partial charge in [0.2, 0.25) is 0 Å². The lowest BCUT2D eigenvalue weighted by molar-refractivity contribution is -0.142. The lowest BCUT2D eigenvalue weighted by Crippen LogP contribution is -2.39. The zero-order chi connectivity index (χ0) is 19.9. The molecule has 1 saturated heterocycles. The van der Waals surface area contributed by atoms with Gasteiger partial charge in [0.15, 0.2) is 5.65 Å². The van der Waals surface area contributed by atoms with Crippen molar-refractivity contribution in [3.63, 3.8) is 0 Å². The van der Waals surface area contributed by atoms with Crippen LogP contribution < -0.4 is 0 Å². The summed E-state index contributed by atoms with van der Waals surface area (Å²) < 4.78 is 41.5. The molecular formula is C19H18F3N5O. The molecule has 0 aromatic carbocycles. The van der Waals surface area contributed by atoms with Crippen molar-refractivity contribution in [3.05, 3.63) is 59.3 Å². The Bertz CT molecular complexity index is 1020. The van der Waals surface area contributed by atoms with Gasteiger partial charge >= 0.3 is 6.18 Å². The lowest BCUT2D eigenvalue weighted by atomic mass is 9.93. The van der Waals surface area contributed by atoms with E-state index in [0.29, 0.717) is 42.9 Å². The maximum Gasteiger partial charge on any atom is 0.433 e. The van der Waals surface area contributed by atoms with Crippen LogP contribution in [-0.4, -0.2) is 43.5 Å². The summed E-state index contributed by atoms with van der Waals surface area (Å²) >= 11 is 0. The largest absolute Gasteiger partial charge is 0.433 e. The Morgan fingerprint density at radius 3 is 2.68 bits per heavy atom. The van der Waals surface area contributed by atoms with Crippen LogP contribution in [0, 0.1) is 6.92 Å². The van der Waals surface area contributed by atoms with Gasteiger partial charge in [0.1, 0.15) is 5.69 Å². The van der Waals surface area contributed by atoms with Crippen molar-refractivity contribution >= 4 is 11.6 Å². The number of carbonyl (C=O) groups is 1. The molecule has 4 rings (SSSR count). The van der Waals surface area contributed by atoms with Crippen LogP contribution in [0.1, 0.15) is 46.2 Å². The highest BCUT2D eigenvalue weighted by molar-refractivity contribution is 5.94. The van der Waals surface area contributed by atoms with Crippen molar-refractivity contribution in [1.29, 1.82) is 0 Å². The molecule has 0 spiro atoms. The molecule has 6 nitrogen and oxygen atoms in total. The first-order chi connectivity index (χ1) is 13.3. The van der Waals surface area contributed by atoms with Gasteiger partial charge in [-0.25, -0.2) is 9.50 Å². The second kappa shape index (κ2) is 6.88. The molecule has 1 amide bonds. The van der Waals surface area contributed by atoms with Gasteiger partial charge in [-0.1, -0.05) is 0 Å².